The van der Waals surface area contributed by atoms with Gasteiger partial charge in [0.25, 0.3) is 5.91 Å². The van der Waals surface area contributed by atoms with E-state index in [1.807, 2.05) is 65.4 Å². The summed E-state index contributed by atoms with van der Waals surface area (Å²) < 4.78 is 0. The molecule has 138 valence electrons. The molecule has 1 aliphatic heterocycles. The van der Waals surface area contributed by atoms with Gasteiger partial charge in [0, 0.05) is 29.7 Å². The second-order valence-corrected chi connectivity index (χ2v) is 8.77. The van der Waals surface area contributed by atoms with Crippen molar-refractivity contribution in [2.75, 3.05) is 18.8 Å². The second kappa shape index (κ2) is 8.46. The summed E-state index contributed by atoms with van der Waals surface area (Å²) in [6.07, 6.45) is 0. The summed E-state index contributed by atoms with van der Waals surface area (Å²) in [7, 11) is 0. The van der Waals surface area contributed by atoms with Crippen LogP contribution in [0.1, 0.15) is 34.5 Å². The molecule has 0 aliphatic carbocycles. The first-order valence-electron chi connectivity index (χ1n) is 8.49. The Hall–Kier alpha value is -1.50. The summed E-state index contributed by atoms with van der Waals surface area (Å²) >= 11 is 9.36. The molecule has 4 nitrogen and oxygen atoms in total. The van der Waals surface area contributed by atoms with Crippen molar-refractivity contribution in [1.29, 1.82) is 0 Å². The number of benzene rings is 1. The van der Waals surface area contributed by atoms with Crippen molar-refractivity contribution in [1.82, 2.24) is 9.80 Å². The summed E-state index contributed by atoms with van der Waals surface area (Å²) in [4.78, 5) is 29.5. The molecule has 0 spiro atoms. The van der Waals surface area contributed by atoms with E-state index in [1.165, 1.54) is 11.3 Å². The van der Waals surface area contributed by atoms with E-state index in [4.69, 9.17) is 11.6 Å². The molecule has 1 aromatic heterocycles. The quantitative estimate of drug-likeness (QED) is 0.705. The smallest absolute Gasteiger partial charge is 0.264 e. The normalized spacial score (nSPS) is 17.2. The summed E-state index contributed by atoms with van der Waals surface area (Å²) in [6, 6.07) is 11.4. The van der Waals surface area contributed by atoms with Crippen LogP contribution in [0.3, 0.4) is 0 Å². The Balaban J connectivity index is 1.74. The van der Waals surface area contributed by atoms with Crippen molar-refractivity contribution in [3.63, 3.8) is 0 Å². The fraction of sp³-hybridized carbons (Fsp3) is 0.368. The highest BCUT2D eigenvalue weighted by atomic mass is 35.5. The molecule has 26 heavy (non-hydrogen) atoms. The topological polar surface area (TPSA) is 40.6 Å². The molecule has 1 aliphatic rings. The largest absolute Gasteiger partial charge is 0.334 e. The van der Waals surface area contributed by atoms with Gasteiger partial charge in [0.15, 0.2) is 0 Å². The number of amides is 2. The summed E-state index contributed by atoms with van der Waals surface area (Å²) in [5, 5.41) is 2.47. The number of nitrogens with zero attached hydrogens (tertiary/aromatic N) is 2. The van der Waals surface area contributed by atoms with Crippen LogP contribution < -0.4 is 0 Å². The highest BCUT2D eigenvalue weighted by Gasteiger charge is 2.34. The maximum absolute atomic E-state index is 12.7. The fourth-order valence-electron chi connectivity index (χ4n) is 2.98. The van der Waals surface area contributed by atoms with Crippen molar-refractivity contribution in [2.24, 2.45) is 0 Å². The van der Waals surface area contributed by atoms with Crippen LogP contribution in [-0.2, 0) is 4.79 Å². The Morgan fingerprint density at radius 2 is 2.08 bits per heavy atom. The van der Waals surface area contributed by atoms with E-state index >= 15 is 0 Å². The van der Waals surface area contributed by atoms with Gasteiger partial charge in [0.2, 0.25) is 5.91 Å². The van der Waals surface area contributed by atoms with Gasteiger partial charge in [-0.05, 0) is 31.4 Å². The SMILES string of the molecule is CC(C)N(CCN1C(=O)CS[C@@H]1c1ccccc1Cl)C(=O)c1cccs1. The van der Waals surface area contributed by atoms with Gasteiger partial charge in [0.05, 0.1) is 10.6 Å². The van der Waals surface area contributed by atoms with Crippen LogP contribution in [0.15, 0.2) is 41.8 Å². The number of hydrogen-bond donors (Lipinski definition) is 0. The number of thiophene rings is 1. The van der Waals surface area contributed by atoms with Gasteiger partial charge in [-0.25, -0.2) is 0 Å². The van der Waals surface area contributed by atoms with Crippen molar-refractivity contribution in [2.45, 2.75) is 25.3 Å². The van der Waals surface area contributed by atoms with Gasteiger partial charge in [-0.15, -0.1) is 23.1 Å². The lowest BCUT2D eigenvalue weighted by Gasteiger charge is -2.31. The second-order valence-electron chi connectivity index (χ2n) is 6.34. The Morgan fingerprint density at radius 3 is 2.73 bits per heavy atom. The standard InChI is InChI=1S/C19H21ClN2O2S2/c1-13(2)21(18(24)16-8-5-11-25-16)9-10-22-17(23)12-26-19(22)14-6-3-4-7-15(14)20/h3-8,11,13,19H,9-10,12H2,1-2H3/t19-/m1/s1. The summed E-state index contributed by atoms with van der Waals surface area (Å²) in [5.74, 6) is 0.548. The predicted molar refractivity (Wildman–Crippen MR) is 109 cm³/mol. The van der Waals surface area contributed by atoms with E-state index < -0.39 is 0 Å². The molecule has 0 unspecified atom stereocenters. The predicted octanol–water partition coefficient (Wildman–Crippen LogP) is 4.53. The summed E-state index contributed by atoms with van der Waals surface area (Å²) in [5.41, 5.74) is 0.950. The van der Waals surface area contributed by atoms with E-state index in [0.29, 0.717) is 23.9 Å². The zero-order valence-corrected chi connectivity index (χ0v) is 17.1. The maximum atomic E-state index is 12.7. The average molecular weight is 409 g/mol. The van der Waals surface area contributed by atoms with Crippen LogP contribution in [0.2, 0.25) is 5.02 Å². The molecule has 2 amide bonds. The van der Waals surface area contributed by atoms with Crippen LogP contribution >= 0.6 is 34.7 Å². The molecule has 0 bridgehead atoms. The third-order valence-electron chi connectivity index (χ3n) is 4.34. The van der Waals surface area contributed by atoms with E-state index in [0.717, 1.165) is 10.4 Å². The highest BCUT2D eigenvalue weighted by Crippen LogP contribution is 2.41. The van der Waals surface area contributed by atoms with E-state index in [9.17, 15) is 9.59 Å². The Morgan fingerprint density at radius 1 is 1.31 bits per heavy atom. The minimum atomic E-state index is -0.0953. The number of carbonyl (C=O) groups excluding carboxylic acids is 2. The van der Waals surface area contributed by atoms with E-state index in [-0.39, 0.29) is 23.2 Å². The lowest BCUT2D eigenvalue weighted by molar-refractivity contribution is -0.128. The molecule has 1 atom stereocenters. The van der Waals surface area contributed by atoms with Gasteiger partial charge in [0.1, 0.15) is 5.37 Å². The number of halogens is 1. The molecule has 3 rings (SSSR count). The van der Waals surface area contributed by atoms with Crippen molar-refractivity contribution in [3.8, 4) is 0 Å². The first kappa shape index (κ1) is 19.3. The lowest BCUT2D eigenvalue weighted by Crippen LogP contribution is -2.43. The molecule has 1 saturated heterocycles. The van der Waals surface area contributed by atoms with Gasteiger partial charge in [-0.2, -0.15) is 0 Å². The monoisotopic (exact) mass is 408 g/mol. The molecular formula is C19H21ClN2O2S2. The zero-order chi connectivity index (χ0) is 18.7. The number of carbonyl (C=O) groups is 2. The van der Waals surface area contributed by atoms with E-state index in [2.05, 4.69) is 0 Å². The molecule has 1 fully saturated rings. The molecule has 0 N–H and O–H groups in total. The van der Waals surface area contributed by atoms with Crippen LogP contribution in [-0.4, -0.2) is 46.5 Å². The third-order valence-corrected chi connectivity index (χ3v) is 6.78. The number of hydrogen-bond acceptors (Lipinski definition) is 4. The van der Waals surface area contributed by atoms with Gasteiger partial charge in [-0.3, -0.25) is 9.59 Å². The third kappa shape index (κ3) is 4.08. The Labute approximate surface area is 167 Å². The minimum absolute atomic E-state index is 0.0172. The summed E-state index contributed by atoms with van der Waals surface area (Å²) in [6.45, 7) is 4.99. The molecular weight excluding hydrogens is 388 g/mol. The van der Waals surface area contributed by atoms with E-state index in [1.54, 1.807) is 11.8 Å². The molecule has 0 radical (unpaired) electrons. The first-order valence-corrected chi connectivity index (χ1v) is 10.8. The Bertz CT molecular complexity index is 780. The maximum Gasteiger partial charge on any atom is 0.264 e. The fourth-order valence-corrected chi connectivity index (χ4v) is 5.22. The van der Waals surface area contributed by atoms with Crippen molar-refractivity contribution < 1.29 is 9.59 Å². The van der Waals surface area contributed by atoms with Gasteiger partial charge in [-0.1, -0.05) is 35.9 Å². The first-order chi connectivity index (χ1) is 12.5. The number of rotatable bonds is 6. The molecule has 2 heterocycles. The van der Waals surface area contributed by atoms with Crippen LogP contribution in [0.25, 0.3) is 0 Å². The number of thioether (sulfide) groups is 1. The zero-order valence-electron chi connectivity index (χ0n) is 14.7. The minimum Gasteiger partial charge on any atom is -0.334 e. The molecule has 7 heteroatoms. The van der Waals surface area contributed by atoms with Crippen LogP contribution in [0.5, 0.6) is 0 Å². The Kier molecular flexibility index (Phi) is 6.27. The average Bonchev–Trinajstić information content (AvgIpc) is 3.26. The van der Waals surface area contributed by atoms with Gasteiger partial charge >= 0.3 is 0 Å². The molecule has 2 aromatic rings. The van der Waals surface area contributed by atoms with Crippen molar-refractivity contribution in [3.05, 3.63) is 57.2 Å². The van der Waals surface area contributed by atoms with Crippen LogP contribution in [0, 0.1) is 0 Å². The van der Waals surface area contributed by atoms with Crippen molar-refractivity contribution >= 4 is 46.5 Å². The highest BCUT2D eigenvalue weighted by molar-refractivity contribution is 8.00. The lowest BCUT2D eigenvalue weighted by atomic mass is 10.2. The molecule has 1 aromatic carbocycles. The van der Waals surface area contributed by atoms with Gasteiger partial charge < -0.3 is 9.80 Å². The van der Waals surface area contributed by atoms with Crippen LogP contribution in [0.4, 0.5) is 0 Å². The molecule has 0 saturated carbocycles.